The Morgan fingerprint density at radius 1 is 0.688 bits per heavy atom. The summed E-state index contributed by atoms with van der Waals surface area (Å²) < 4.78 is 2.47. The Hall–Kier alpha value is -1.38. The van der Waals surface area contributed by atoms with Crippen LogP contribution in [-0.2, 0) is 19.3 Å². The largest absolute Gasteiger partial charge is 0.0654 e. The quantitative estimate of drug-likeness (QED) is 0.190. The monoisotopic (exact) mass is 552 g/mol. The van der Waals surface area contributed by atoms with Gasteiger partial charge in [0.25, 0.3) is 0 Å². The fourth-order valence-corrected chi connectivity index (χ4v) is 6.52. The third-order valence-electron chi connectivity index (χ3n) is 6.92. The Kier molecular flexibility index (Phi) is 7.62. The lowest BCUT2D eigenvalue weighted by molar-refractivity contribution is 0.666. The minimum atomic E-state index is 0.290. The standard InChI is InChI=1S/C30H34Br2/c1-5-8-9-10-11-20-12-19(4)13-23(14-20)30-26-17-28(31)21(6-2)15-24(26)25-16-22(7-3)29(32)18-27(25)30/h12-18,30H,5-11H2,1-4H3. The van der Waals surface area contributed by atoms with E-state index in [4.69, 9.17) is 0 Å². The molecule has 4 rings (SSSR count). The second kappa shape index (κ2) is 10.3. The number of benzene rings is 3. The third-order valence-corrected chi connectivity index (χ3v) is 8.40. The van der Waals surface area contributed by atoms with Crippen LogP contribution in [0, 0.1) is 6.92 Å². The van der Waals surface area contributed by atoms with E-state index in [0.29, 0.717) is 5.92 Å². The summed E-state index contributed by atoms with van der Waals surface area (Å²) in [6, 6.07) is 16.9. The highest BCUT2D eigenvalue weighted by Crippen LogP contribution is 2.51. The van der Waals surface area contributed by atoms with Gasteiger partial charge in [0.15, 0.2) is 0 Å². The van der Waals surface area contributed by atoms with Gasteiger partial charge in [-0.25, -0.2) is 0 Å². The Balaban J connectivity index is 1.84. The molecule has 168 valence electrons. The van der Waals surface area contributed by atoms with Crippen LogP contribution < -0.4 is 0 Å². The highest BCUT2D eigenvalue weighted by atomic mass is 79.9. The van der Waals surface area contributed by atoms with E-state index in [1.54, 1.807) is 0 Å². The van der Waals surface area contributed by atoms with Gasteiger partial charge in [0, 0.05) is 14.9 Å². The van der Waals surface area contributed by atoms with E-state index < -0.39 is 0 Å². The molecule has 1 aliphatic carbocycles. The van der Waals surface area contributed by atoms with Crippen LogP contribution in [0.1, 0.15) is 91.3 Å². The maximum atomic E-state index is 3.87. The van der Waals surface area contributed by atoms with Crippen molar-refractivity contribution in [2.24, 2.45) is 0 Å². The summed E-state index contributed by atoms with van der Waals surface area (Å²) in [5, 5.41) is 0. The first kappa shape index (κ1) is 23.8. The van der Waals surface area contributed by atoms with Crippen molar-refractivity contribution in [3.05, 3.63) is 90.4 Å². The number of unbranched alkanes of at least 4 members (excludes halogenated alkanes) is 3. The normalized spacial score (nSPS) is 12.8. The van der Waals surface area contributed by atoms with Crippen molar-refractivity contribution < 1.29 is 0 Å². The van der Waals surface area contributed by atoms with Gasteiger partial charge in [-0.2, -0.15) is 0 Å². The zero-order valence-electron chi connectivity index (χ0n) is 19.8. The molecule has 0 fully saturated rings. The van der Waals surface area contributed by atoms with Gasteiger partial charge in [-0.1, -0.05) is 95.7 Å². The van der Waals surface area contributed by atoms with Gasteiger partial charge in [-0.05, 0) is 101 Å². The van der Waals surface area contributed by atoms with Crippen LogP contribution in [0.25, 0.3) is 11.1 Å². The van der Waals surface area contributed by atoms with Crippen LogP contribution >= 0.6 is 31.9 Å². The van der Waals surface area contributed by atoms with Crippen LogP contribution in [0.2, 0.25) is 0 Å². The summed E-state index contributed by atoms with van der Waals surface area (Å²) in [6.45, 7) is 9.01. The first-order valence-electron chi connectivity index (χ1n) is 12.2. The highest BCUT2D eigenvalue weighted by molar-refractivity contribution is 9.10. The van der Waals surface area contributed by atoms with Gasteiger partial charge in [-0.3, -0.25) is 0 Å². The lowest BCUT2D eigenvalue weighted by atomic mass is 9.86. The molecule has 0 spiro atoms. The van der Waals surface area contributed by atoms with Crippen molar-refractivity contribution in [3.8, 4) is 11.1 Å². The van der Waals surface area contributed by atoms with E-state index in [1.807, 2.05) is 0 Å². The van der Waals surface area contributed by atoms with Crippen LogP contribution in [0.3, 0.4) is 0 Å². The summed E-state index contributed by atoms with van der Waals surface area (Å²) in [5.74, 6) is 0.290. The van der Waals surface area contributed by atoms with Crippen molar-refractivity contribution in [2.45, 2.75) is 78.6 Å². The fraction of sp³-hybridized carbons (Fsp3) is 0.400. The van der Waals surface area contributed by atoms with Crippen molar-refractivity contribution in [1.82, 2.24) is 0 Å². The third kappa shape index (κ3) is 4.64. The molecule has 0 aliphatic heterocycles. The number of fused-ring (bicyclic) bond motifs is 3. The molecule has 0 nitrogen and oxygen atoms in total. The molecular weight excluding hydrogens is 520 g/mol. The molecule has 0 radical (unpaired) electrons. The molecular formula is C30H34Br2. The summed E-state index contributed by atoms with van der Waals surface area (Å²) >= 11 is 7.73. The Bertz CT molecular complexity index is 1070. The maximum Gasteiger partial charge on any atom is 0.0353 e. The smallest absolute Gasteiger partial charge is 0.0353 e. The van der Waals surface area contributed by atoms with Gasteiger partial charge < -0.3 is 0 Å². The van der Waals surface area contributed by atoms with Gasteiger partial charge in [0.2, 0.25) is 0 Å². The van der Waals surface area contributed by atoms with Crippen LogP contribution in [-0.4, -0.2) is 0 Å². The molecule has 0 bridgehead atoms. The summed E-state index contributed by atoms with van der Waals surface area (Å²) in [4.78, 5) is 0. The second-order valence-electron chi connectivity index (χ2n) is 9.26. The van der Waals surface area contributed by atoms with Gasteiger partial charge in [0.05, 0.1) is 0 Å². The minimum absolute atomic E-state index is 0.290. The molecule has 0 amide bonds. The highest BCUT2D eigenvalue weighted by Gasteiger charge is 2.32. The zero-order chi connectivity index (χ0) is 22.8. The average molecular weight is 554 g/mol. The molecule has 1 aliphatic rings. The Morgan fingerprint density at radius 2 is 1.28 bits per heavy atom. The predicted molar refractivity (Wildman–Crippen MR) is 146 cm³/mol. The summed E-state index contributed by atoms with van der Waals surface area (Å²) in [6.07, 6.45) is 8.49. The van der Waals surface area contributed by atoms with Crippen molar-refractivity contribution in [3.63, 3.8) is 0 Å². The van der Waals surface area contributed by atoms with Crippen molar-refractivity contribution >= 4 is 31.9 Å². The van der Waals surface area contributed by atoms with E-state index in [9.17, 15) is 0 Å². The molecule has 0 saturated carbocycles. The number of hydrogen-bond acceptors (Lipinski definition) is 0. The average Bonchev–Trinajstić information content (AvgIpc) is 3.06. The van der Waals surface area contributed by atoms with Crippen molar-refractivity contribution in [2.75, 3.05) is 0 Å². The first-order valence-corrected chi connectivity index (χ1v) is 13.8. The van der Waals surface area contributed by atoms with E-state index in [1.165, 1.54) is 91.1 Å². The summed E-state index contributed by atoms with van der Waals surface area (Å²) in [5.41, 5.74) is 12.8. The Labute approximate surface area is 211 Å². The van der Waals surface area contributed by atoms with Crippen LogP contribution in [0.4, 0.5) is 0 Å². The first-order chi connectivity index (χ1) is 15.5. The lowest BCUT2D eigenvalue weighted by Gasteiger charge is -2.18. The molecule has 0 N–H and O–H groups in total. The molecule has 32 heavy (non-hydrogen) atoms. The molecule has 0 unspecified atom stereocenters. The van der Waals surface area contributed by atoms with Gasteiger partial charge >= 0.3 is 0 Å². The molecule has 0 atom stereocenters. The number of aryl methyl sites for hydroxylation is 4. The van der Waals surface area contributed by atoms with Crippen molar-refractivity contribution in [1.29, 1.82) is 0 Å². The predicted octanol–water partition coefficient (Wildman–Crippen LogP) is 9.93. The minimum Gasteiger partial charge on any atom is -0.0654 e. The van der Waals surface area contributed by atoms with Crippen LogP contribution in [0.15, 0.2) is 51.4 Å². The van der Waals surface area contributed by atoms with Crippen LogP contribution in [0.5, 0.6) is 0 Å². The molecule has 3 aromatic carbocycles. The molecule has 2 heteroatoms. The van der Waals surface area contributed by atoms with Gasteiger partial charge in [0.1, 0.15) is 0 Å². The zero-order valence-corrected chi connectivity index (χ0v) is 23.0. The number of rotatable bonds is 8. The van der Waals surface area contributed by atoms with Gasteiger partial charge in [-0.15, -0.1) is 0 Å². The molecule has 0 heterocycles. The lowest BCUT2D eigenvalue weighted by Crippen LogP contribution is -2.02. The number of hydrogen-bond donors (Lipinski definition) is 0. The maximum absolute atomic E-state index is 3.87. The fourth-order valence-electron chi connectivity index (χ4n) is 5.24. The van der Waals surface area contributed by atoms with E-state index in [-0.39, 0.29) is 0 Å². The molecule has 0 aromatic heterocycles. The number of halogens is 2. The molecule has 3 aromatic rings. The van der Waals surface area contributed by atoms with E-state index in [0.717, 1.165) is 12.8 Å². The topological polar surface area (TPSA) is 0 Å². The molecule has 0 saturated heterocycles. The summed E-state index contributed by atoms with van der Waals surface area (Å²) in [7, 11) is 0. The SMILES string of the molecule is CCCCCCc1cc(C)cc(C2c3cc(Br)c(CC)cc3-c3cc(CC)c(Br)cc32)c1. The second-order valence-corrected chi connectivity index (χ2v) is 11.0. The Morgan fingerprint density at radius 3 is 1.81 bits per heavy atom. The van der Waals surface area contributed by atoms with E-state index >= 15 is 0 Å². The van der Waals surface area contributed by atoms with E-state index in [2.05, 4.69) is 102 Å².